The van der Waals surface area contributed by atoms with E-state index in [1.165, 1.54) is 0 Å². The smallest absolute Gasteiger partial charge is 0.309 e. The lowest BCUT2D eigenvalue weighted by Crippen LogP contribution is -2.43. The summed E-state index contributed by atoms with van der Waals surface area (Å²) in [6.07, 6.45) is 1.33. The minimum absolute atomic E-state index is 0.0286. The summed E-state index contributed by atoms with van der Waals surface area (Å²) in [5.41, 5.74) is 1.91. The summed E-state index contributed by atoms with van der Waals surface area (Å²) >= 11 is 0. The summed E-state index contributed by atoms with van der Waals surface area (Å²) in [5, 5.41) is 3.15. The molecule has 0 radical (unpaired) electrons. The van der Waals surface area contributed by atoms with Crippen LogP contribution in [0.3, 0.4) is 0 Å². The number of nitrogens with zero attached hydrogens (tertiary/aromatic N) is 1. The third kappa shape index (κ3) is 4.63. The van der Waals surface area contributed by atoms with Crippen LogP contribution in [0.5, 0.6) is 5.75 Å². The summed E-state index contributed by atoms with van der Waals surface area (Å²) in [4.78, 5) is 25.9. The largest absolute Gasteiger partial charge is 0.495 e. The number of hydrogen-bond acceptors (Lipinski definition) is 5. The number of benzene rings is 1. The van der Waals surface area contributed by atoms with Crippen LogP contribution in [0.15, 0.2) is 18.2 Å². The van der Waals surface area contributed by atoms with E-state index in [9.17, 15) is 9.59 Å². The van der Waals surface area contributed by atoms with E-state index in [-0.39, 0.29) is 24.3 Å². The van der Waals surface area contributed by atoms with Crippen LogP contribution in [-0.4, -0.2) is 50.1 Å². The van der Waals surface area contributed by atoms with Crippen LogP contribution >= 0.6 is 0 Å². The number of nitrogens with one attached hydrogen (secondary N) is 1. The highest BCUT2D eigenvalue weighted by molar-refractivity contribution is 5.82. The van der Waals surface area contributed by atoms with Gasteiger partial charge < -0.3 is 19.7 Å². The predicted octanol–water partition coefficient (Wildman–Crippen LogP) is 2.22. The maximum atomic E-state index is 12.4. The van der Waals surface area contributed by atoms with E-state index in [1.807, 2.05) is 32.0 Å². The first-order chi connectivity index (χ1) is 11.5. The normalized spacial score (nSPS) is 15.0. The van der Waals surface area contributed by atoms with Crippen LogP contribution in [0.4, 0.5) is 5.69 Å². The molecule has 1 aromatic carbocycles. The van der Waals surface area contributed by atoms with Crippen molar-refractivity contribution in [1.82, 2.24) is 4.90 Å². The maximum absolute atomic E-state index is 12.4. The molecule has 1 aliphatic heterocycles. The van der Waals surface area contributed by atoms with Gasteiger partial charge in [0, 0.05) is 13.1 Å². The molecule has 0 spiro atoms. The summed E-state index contributed by atoms with van der Waals surface area (Å²) in [7, 11) is 1.61. The molecular formula is C18H26N2O4. The molecule has 1 saturated heterocycles. The molecule has 6 heteroatoms. The first-order valence-corrected chi connectivity index (χ1v) is 8.38. The van der Waals surface area contributed by atoms with Crippen LogP contribution in [0.1, 0.15) is 25.3 Å². The molecule has 0 aromatic heterocycles. The monoisotopic (exact) mass is 334 g/mol. The van der Waals surface area contributed by atoms with E-state index in [4.69, 9.17) is 9.47 Å². The second kappa shape index (κ2) is 8.57. The Kier molecular flexibility index (Phi) is 6.46. The molecule has 0 unspecified atom stereocenters. The number of esters is 1. The number of carbonyl (C=O) groups is 2. The molecule has 1 aromatic rings. The lowest BCUT2D eigenvalue weighted by atomic mass is 9.97. The Morgan fingerprint density at radius 1 is 1.29 bits per heavy atom. The summed E-state index contributed by atoms with van der Waals surface area (Å²) in [5.74, 6) is 0.515. The SMILES string of the molecule is CCOC(=O)C1CCN(C(=O)CNc2cc(C)ccc2OC)CC1. The molecule has 1 fully saturated rings. The molecule has 2 rings (SSSR count). The molecule has 6 nitrogen and oxygen atoms in total. The number of rotatable bonds is 6. The standard InChI is InChI=1S/C18H26N2O4/c1-4-24-18(22)14-7-9-20(10-8-14)17(21)12-19-15-11-13(2)5-6-16(15)23-3/h5-6,11,14,19H,4,7-10,12H2,1-3H3. The number of methoxy groups -OCH3 is 1. The quantitative estimate of drug-likeness (QED) is 0.808. The Bertz CT molecular complexity index is 580. The van der Waals surface area contributed by atoms with E-state index < -0.39 is 0 Å². The molecule has 1 N–H and O–H groups in total. The lowest BCUT2D eigenvalue weighted by molar-refractivity contribution is -0.151. The fourth-order valence-corrected chi connectivity index (χ4v) is 2.87. The van der Waals surface area contributed by atoms with E-state index >= 15 is 0 Å². The van der Waals surface area contributed by atoms with E-state index in [0.717, 1.165) is 17.0 Å². The van der Waals surface area contributed by atoms with Gasteiger partial charge in [-0.1, -0.05) is 6.07 Å². The maximum Gasteiger partial charge on any atom is 0.309 e. The van der Waals surface area contributed by atoms with Crippen molar-refractivity contribution < 1.29 is 19.1 Å². The van der Waals surface area contributed by atoms with Crippen molar-refractivity contribution in [3.05, 3.63) is 23.8 Å². The van der Waals surface area contributed by atoms with Gasteiger partial charge >= 0.3 is 5.97 Å². The van der Waals surface area contributed by atoms with Gasteiger partial charge in [0.25, 0.3) is 0 Å². The number of likely N-dealkylation sites (tertiary alicyclic amines) is 1. The third-order valence-electron chi connectivity index (χ3n) is 4.25. The van der Waals surface area contributed by atoms with Crippen molar-refractivity contribution in [1.29, 1.82) is 0 Å². The molecule has 24 heavy (non-hydrogen) atoms. The van der Waals surface area contributed by atoms with Gasteiger partial charge in [-0.05, 0) is 44.4 Å². The highest BCUT2D eigenvalue weighted by atomic mass is 16.5. The van der Waals surface area contributed by atoms with Crippen molar-refractivity contribution in [2.24, 2.45) is 5.92 Å². The summed E-state index contributed by atoms with van der Waals surface area (Å²) in [6.45, 7) is 5.60. The van der Waals surface area contributed by atoms with Crippen LogP contribution in [0.25, 0.3) is 0 Å². The molecule has 0 atom stereocenters. The molecular weight excluding hydrogens is 308 g/mol. The summed E-state index contributed by atoms with van der Waals surface area (Å²) < 4.78 is 10.4. The third-order valence-corrected chi connectivity index (χ3v) is 4.25. The van der Waals surface area contributed by atoms with Crippen molar-refractivity contribution >= 4 is 17.6 Å². The zero-order valence-electron chi connectivity index (χ0n) is 14.6. The van der Waals surface area contributed by atoms with E-state index in [1.54, 1.807) is 12.0 Å². The van der Waals surface area contributed by atoms with Crippen molar-refractivity contribution in [3.63, 3.8) is 0 Å². The first-order valence-electron chi connectivity index (χ1n) is 8.38. The van der Waals surface area contributed by atoms with Crippen molar-refractivity contribution in [3.8, 4) is 5.75 Å². The predicted molar refractivity (Wildman–Crippen MR) is 92.2 cm³/mol. The van der Waals surface area contributed by atoms with Gasteiger partial charge in [-0.2, -0.15) is 0 Å². The van der Waals surface area contributed by atoms with Gasteiger partial charge in [0.05, 0.1) is 31.9 Å². The number of ether oxygens (including phenoxy) is 2. The van der Waals surface area contributed by atoms with Crippen molar-refractivity contribution in [2.45, 2.75) is 26.7 Å². The Morgan fingerprint density at radius 3 is 2.62 bits per heavy atom. The van der Waals surface area contributed by atoms with E-state index in [2.05, 4.69) is 5.32 Å². The second-order valence-corrected chi connectivity index (χ2v) is 5.96. The van der Waals surface area contributed by atoms with Crippen LogP contribution < -0.4 is 10.1 Å². The Balaban J connectivity index is 1.84. The lowest BCUT2D eigenvalue weighted by Gasteiger charge is -2.31. The van der Waals surface area contributed by atoms with Gasteiger partial charge in [0.2, 0.25) is 5.91 Å². The first kappa shape index (κ1) is 18.1. The zero-order chi connectivity index (χ0) is 17.5. The molecule has 0 bridgehead atoms. The minimum atomic E-state index is -0.146. The number of anilines is 1. The minimum Gasteiger partial charge on any atom is -0.495 e. The number of hydrogen-bond donors (Lipinski definition) is 1. The molecule has 1 amide bonds. The summed E-state index contributed by atoms with van der Waals surface area (Å²) in [6, 6.07) is 5.80. The average molecular weight is 334 g/mol. The van der Waals surface area contributed by atoms with Crippen molar-refractivity contribution in [2.75, 3.05) is 38.7 Å². The van der Waals surface area contributed by atoms with Gasteiger partial charge in [0.1, 0.15) is 5.75 Å². The van der Waals surface area contributed by atoms with Gasteiger partial charge in [-0.15, -0.1) is 0 Å². The topological polar surface area (TPSA) is 67.9 Å². The van der Waals surface area contributed by atoms with Crippen LogP contribution in [0.2, 0.25) is 0 Å². The van der Waals surface area contributed by atoms with Crippen LogP contribution in [-0.2, 0) is 14.3 Å². The zero-order valence-corrected chi connectivity index (χ0v) is 14.6. The van der Waals surface area contributed by atoms with Gasteiger partial charge in [-0.25, -0.2) is 0 Å². The van der Waals surface area contributed by atoms with E-state index in [0.29, 0.717) is 32.5 Å². The number of carbonyl (C=O) groups excluding carboxylic acids is 2. The second-order valence-electron chi connectivity index (χ2n) is 5.96. The fraction of sp³-hybridized carbons (Fsp3) is 0.556. The fourth-order valence-electron chi connectivity index (χ4n) is 2.87. The number of aryl methyl sites for hydroxylation is 1. The number of piperidine rings is 1. The molecule has 0 aliphatic carbocycles. The Hall–Kier alpha value is -2.24. The molecule has 0 saturated carbocycles. The highest BCUT2D eigenvalue weighted by Crippen LogP contribution is 2.25. The van der Waals surface area contributed by atoms with Gasteiger partial charge in [0.15, 0.2) is 0 Å². The Morgan fingerprint density at radius 2 is 2.00 bits per heavy atom. The van der Waals surface area contributed by atoms with Gasteiger partial charge in [-0.3, -0.25) is 9.59 Å². The molecule has 1 heterocycles. The Labute approximate surface area is 143 Å². The average Bonchev–Trinajstić information content (AvgIpc) is 2.60. The number of amides is 1. The molecule has 132 valence electrons. The molecule has 1 aliphatic rings. The highest BCUT2D eigenvalue weighted by Gasteiger charge is 2.28. The van der Waals surface area contributed by atoms with Crippen LogP contribution in [0, 0.1) is 12.8 Å².